The van der Waals surface area contributed by atoms with Crippen LogP contribution in [-0.4, -0.2) is 38.3 Å². The Balaban J connectivity index is 0.00000220. The number of rotatable bonds is 6. The second kappa shape index (κ2) is 9.47. The third kappa shape index (κ3) is 5.81. The maximum absolute atomic E-state index is 11.9. The predicted octanol–water partition coefficient (Wildman–Crippen LogP) is 1.75. The second-order valence-electron chi connectivity index (χ2n) is 4.76. The molecule has 0 bridgehead atoms. The standard InChI is InChI=1S/C15H22N2O3.ClH/c1-2-19-13-5-3-4-6-14(13)20-11-15(18)17-12-7-9-16-10-8-12;/h3-6,12,16H,2,7-11H2,1H3,(H,17,18);1H. The molecule has 6 heteroatoms. The van der Waals surface area contributed by atoms with Crippen LogP contribution in [0, 0.1) is 0 Å². The average molecular weight is 315 g/mol. The predicted molar refractivity (Wildman–Crippen MR) is 84.4 cm³/mol. The number of carbonyl (C=O) groups is 1. The minimum Gasteiger partial charge on any atom is -0.490 e. The van der Waals surface area contributed by atoms with Crippen LogP contribution in [0.4, 0.5) is 0 Å². The molecule has 1 heterocycles. The SMILES string of the molecule is CCOc1ccccc1OCC(=O)NC1CCNCC1.Cl. The molecular formula is C15H23ClN2O3. The maximum atomic E-state index is 11.9. The molecule has 0 atom stereocenters. The number of piperidine rings is 1. The first-order valence-electron chi connectivity index (χ1n) is 7.14. The van der Waals surface area contributed by atoms with Crippen molar-refractivity contribution in [2.75, 3.05) is 26.3 Å². The molecule has 2 rings (SSSR count). The van der Waals surface area contributed by atoms with Gasteiger partial charge in [0.15, 0.2) is 18.1 Å². The molecule has 2 N–H and O–H groups in total. The van der Waals surface area contributed by atoms with Crippen molar-refractivity contribution in [2.24, 2.45) is 0 Å². The normalized spacial score (nSPS) is 14.9. The number of nitrogens with one attached hydrogen (secondary N) is 2. The Morgan fingerprint density at radius 2 is 1.86 bits per heavy atom. The smallest absolute Gasteiger partial charge is 0.258 e. The van der Waals surface area contributed by atoms with Gasteiger partial charge in [0.05, 0.1) is 6.61 Å². The number of ether oxygens (including phenoxy) is 2. The zero-order valence-electron chi connectivity index (χ0n) is 12.3. The molecule has 0 unspecified atom stereocenters. The molecular weight excluding hydrogens is 292 g/mol. The van der Waals surface area contributed by atoms with Gasteiger partial charge in [0.1, 0.15) is 0 Å². The summed E-state index contributed by atoms with van der Waals surface area (Å²) in [7, 11) is 0. The van der Waals surface area contributed by atoms with Crippen molar-refractivity contribution in [3.8, 4) is 11.5 Å². The quantitative estimate of drug-likeness (QED) is 0.840. The van der Waals surface area contributed by atoms with E-state index in [1.54, 1.807) is 0 Å². The van der Waals surface area contributed by atoms with Crippen LogP contribution in [0.5, 0.6) is 11.5 Å². The van der Waals surface area contributed by atoms with E-state index in [1.807, 2.05) is 31.2 Å². The molecule has 21 heavy (non-hydrogen) atoms. The molecule has 118 valence electrons. The molecule has 1 aliphatic heterocycles. The minimum atomic E-state index is -0.0804. The fraction of sp³-hybridized carbons (Fsp3) is 0.533. The maximum Gasteiger partial charge on any atom is 0.258 e. The second-order valence-corrected chi connectivity index (χ2v) is 4.76. The van der Waals surface area contributed by atoms with Gasteiger partial charge in [-0.15, -0.1) is 12.4 Å². The van der Waals surface area contributed by atoms with Crippen molar-refractivity contribution in [1.29, 1.82) is 0 Å². The Bertz CT molecular complexity index is 437. The molecule has 0 saturated carbocycles. The van der Waals surface area contributed by atoms with E-state index in [4.69, 9.17) is 9.47 Å². The molecule has 5 nitrogen and oxygen atoms in total. The first-order chi connectivity index (χ1) is 9.79. The third-order valence-corrected chi connectivity index (χ3v) is 3.21. The van der Waals surface area contributed by atoms with Gasteiger partial charge in [0.2, 0.25) is 0 Å². The first-order valence-corrected chi connectivity index (χ1v) is 7.14. The Kier molecular flexibility index (Phi) is 7.93. The van der Waals surface area contributed by atoms with E-state index in [0.717, 1.165) is 25.9 Å². The fourth-order valence-electron chi connectivity index (χ4n) is 2.22. The lowest BCUT2D eigenvalue weighted by atomic mass is 10.1. The van der Waals surface area contributed by atoms with Crippen molar-refractivity contribution >= 4 is 18.3 Å². The van der Waals surface area contributed by atoms with Crippen molar-refractivity contribution in [1.82, 2.24) is 10.6 Å². The summed E-state index contributed by atoms with van der Waals surface area (Å²) < 4.78 is 11.0. The molecule has 0 aromatic heterocycles. The Morgan fingerprint density at radius 1 is 1.24 bits per heavy atom. The Labute approximate surface area is 131 Å². The van der Waals surface area contributed by atoms with Crippen LogP contribution in [0.25, 0.3) is 0 Å². The van der Waals surface area contributed by atoms with Crippen LogP contribution in [-0.2, 0) is 4.79 Å². The van der Waals surface area contributed by atoms with Gasteiger partial charge in [-0.25, -0.2) is 0 Å². The number of hydrogen-bond donors (Lipinski definition) is 2. The molecule has 1 amide bonds. The summed E-state index contributed by atoms with van der Waals surface area (Å²) in [6, 6.07) is 7.65. The topological polar surface area (TPSA) is 59.6 Å². The number of carbonyl (C=O) groups excluding carboxylic acids is 1. The van der Waals surface area contributed by atoms with Gasteiger partial charge in [-0.3, -0.25) is 4.79 Å². The minimum absolute atomic E-state index is 0. The number of para-hydroxylation sites is 2. The monoisotopic (exact) mass is 314 g/mol. The van der Waals surface area contributed by atoms with E-state index in [9.17, 15) is 4.79 Å². The zero-order valence-corrected chi connectivity index (χ0v) is 13.1. The van der Waals surface area contributed by atoms with Gasteiger partial charge >= 0.3 is 0 Å². The Morgan fingerprint density at radius 3 is 2.48 bits per heavy atom. The summed E-state index contributed by atoms with van der Waals surface area (Å²) in [6.07, 6.45) is 1.95. The third-order valence-electron chi connectivity index (χ3n) is 3.21. The largest absolute Gasteiger partial charge is 0.490 e. The van der Waals surface area contributed by atoms with Gasteiger partial charge in [0, 0.05) is 6.04 Å². The summed E-state index contributed by atoms with van der Waals surface area (Å²) in [5, 5.41) is 6.26. The number of halogens is 1. The van der Waals surface area contributed by atoms with Crippen LogP contribution in [0.1, 0.15) is 19.8 Å². The lowest BCUT2D eigenvalue weighted by Gasteiger charge is -2.23. The van der Waals surface area contributed by atoms with Gasteiger partial charge in [-0.05, 0) is 45.0 Å². The first kappa shape index (κ1) is 17.6. The highest BCUT2D eigenvalue weighted by Crippen LogP contribution is 2.26. The summed E-state index contributed by atoms with van der Waals surface area (Å²) in [4.78, 5) is 11.9. The van der Waals surface area contributed by atoms with Crippen LogP contribution in [0.3, 0.4) is 0 Å². The highest BCUT2D eigenvalue weighted by Gasteiger charge is 2.15. The lowest BCUT2D eigenvalue weighted by molar-refractivity contribution is -0.124. The highest BCUT2D eigenvalue weighted by atomic mass is 35.5. The Hall–Kier alpha value is -1.46. The summed E-state index contributed by atoms with van der Waals surface area (Å²) >= 11 is 0. The van der Waals surface area contributed by atoms with Crippen molar-refractivity contribution in [3.05, 3.63) is 24.3 Å². The molecule has 0 aliphatic carbocycles. The van der Waals surface area contributed by atoms with E-state index in [1.165, 1.54) is 0 Å². The van der Waals surface area contributed by atoms with Crippen molar-refractivity contribution in [3.63, 3.8) is 0 Å². The average Bonchev–Trinajstić information content (AvgIpc) is 2.48. The zero-order chi connectivity index (χ0) is 14.2. The molecule has 1 aromatic rings. The summed E-state index contributed by atoms with van der Waals surface area (Å²) in [6.45, 7) is 4.42. The molecule has 1 fully saturated rings. The van der Waals surface area contributed by atoms with Crippen molar-refractivity contribution < 1.29 is 14.3 Å². The van der Waals surface area contributed by atoms with Gasteiger partial charge < -0.3 is 20.1 Å². The van der Waals surface area contributed by atoms with Crippen LogP contribution < -0.4 is 20.1 Å². The van der Waals surface area contributed by atoms with Crippen LogP contribution >= 0.6 is 12.4 Å². The molecule has 1 aliphatic rings. The van der Waals surface area contributed by atoms with E-state index >= 15 is 0 Å². The molecule has 0 spiro atoms. The molecule has 1 aromatic carbocycles. The fourth-order valence-corrected chi connectivity index (χ4v) is 2.22. The van der Waals surface area contributed by atoms with Gasteiger partial charge in [-0.1, -0.05) is 12.1 Å². The highest BCUT2D eigenvalue weighted by molar-refractivity contribution is 5.85. The van der Waals surface area contributed by atoms with Gasteiger partial charge in [0.25, 0.3) is 5.91 Å². The van der Waals surface area contributed by atoms with Crippen molar-refractivity contribution in [2.45, 2.75) is 25.8 Å². The number of amides is 1. The van der Waals surface area contributed by atoms with Crippen LogP contribution in [0.2, 0.25) is 0 Å². The van der Waals surface area contributed by atoms with E-state index in [0.29, 0.717) is 18.1 Å². The molecule has 1 saturated heterocycles. The van der Waals surface area contributed by atoms with Crippen LogP contribution in [0.15, 0.2) is 24.3 Å². The summed E-state index contributed by atoms with van der Waals surface area (Å²) in [5.41, 5.74) is 0. The number of hydrogen-bond acceptors (Lipinski definition) is 4. The van der Waals surface area contributed by atoms with E-state index in [-0.39, 0.29) is 31.0 Å². The summed E-state index contributed by atoms with van der Waals surface area (Å²) in [5.74, 6) is 1.20. The number of benzene rings is 1. The lowest BCUT2D eigenvalue weighted by Crippen LogP contribution is -2.44. The van der Waals surface area contributed by atoms with E-state index < -0.39 is 0 Å². The molecule has 0 radical (unpaired) electrons. The van der Waals surface area contributed by atoms with E-state index in [2.05, 4.69) is 10.6 Å². The van der Waals surface area contributed by atoms with Gasteiger partial charge in [-0.2, -0.15) is 0 Å².